The second-order valence-electron chi connectivity index (χ2n) is 4.93. The first-order chi connectivity index (χ1) is 9.93. The number of aromatic nitrogens is 2. The molecule has 3 N–H and O–H groups in total. The van der Waals surface area contributed by atoms with Crippen LogP contribution in [0.3, 0.4) is 0 Å². The number of benzene rings is 1. The lowest BCUT2D eigenvalue weighted by molar-refractivity contribution is 0.0931. The highest BCUT2D eigenvalue weighted by Crippen LogP contribution is 2.20. The molecule has 0 radical (unpaired) electrons. The van der Waals surface area contributed by atoms with Crippen LogP contribution in [0.4, 0.5) is 5.69 Å². The molecule has 0 saturated carbocycles. The van der Waals surface area contributed by atoms with E-state index < -0.39 is 0 Å². The summed E-state index contributed by atoms with van der Waals surface area (Å²) in [5, 5.41) is 7.22. The van der Waals surface area contributed by atoms with Gasteiger partial charge >= 0.3 is 0 Å². The van der Waals surface area contributed by atoms with E-state index in [4.69, 9.17) is 5.73 Å². The van der Waals surface area contributed by atoms with Gasteiger partial charge in [0.25, 0.3) is 5.91 Å². The van der Waals surface area contributed by atoms with Gasteiger partial charge < -0.3 is 11.1 Å². The highest BCUT2D eigenvalue weighted by molar-refractivity contribution is 9.10. The van der Waals surface area contributed by atoms with E-state index in [0.29, 0.717) is 17.8 Å². The van der Waals surface area contributed by atoms with Crippen molar-refractivity contribution in [2.75, 3.05) is 5.73 Å². The zero-order chi connectivity index (χ0) is 15.6. The molecule has 1 atom stereocenters. The molecule has 0 unspecified atom stereocenters. The number of nitrogens with two attached hydrogens (primary N) is 1. The molecule has 6 heteroatoms. The van der Waals surface area contributed by atoms with Gasteiger partial charge in [-0.25, -0.2) is 0 Å². The second kappa shape index (κ2) is 6.30. The minimum atomic E-state index is -0.211. The van der Waals surface area contributed by atoms with Crippen LogP contribution < -0.4 is 11.1 Å². The van der Waals surface area contributed by atoms with Crippen LogP contribution in [0.15, 0.2) is 28.7 Å². The lowest BCUT2D eigenvalue weighted by Crippen LogP contribution is -2.29. The lowest BCUT2D eigenvalue weighted by Gasteiger charge is -2.14. The normalized spacial score (nSPS) is 12.2. The van der Waals surface area contributed by atoms with Crippen molar-refractivity contribution in [3.63, 3.8) is 0 Å². The van der Waals surface area contributed by atoms with Crippen LogP contribution in [0, 0.1) is 0 Å². The second-order valence-corrected chi connectivity index (χ2v) is 5.85. The fourth-order valence-corrected chi connectivity index (χ4v) is 2.49. The van der Waals surface area contributed by atoms with Gasteiger partial charge in [0, 0.05) is 11.5 Å². The molecule has 0 bridgehead atoms. The van der Waals surface area contributed by atoms with Gasteiger partial charge in [-0.2, -0.15) is 5.10 Å². The van der Waals surface area contributed by atoms with E-state index >= 15 is 0 Å². The Balaban J connectivity index is 2.18. The average molecular weight is 351 g/mol. The Morgan fingerprint density at radius 2 is 2.05 bits per heavy atom. The van der Waals surface area contributed by atoms with Gasteiger partial charge in [0.05, 0.1) is 17.4 Å². The standard InChI is InChI=1S/C15H19BrN4O/c1-4-12-13(17)14(20(3)19-12)15(21)18-9(2)10-5-7-11(16)8-6-10/h5-9H,4,17H2,1-3H3,(H,18,21)/t9-/m0/s1. The summed E-state index contributed by atoms with van der Waals surface area (Å²) >= 11 is 3.40. The van der Waals surface area contributed by atoms with Crippen LogP contribution in [0.5, 0.6) is 0 Å². The summed E-state index contributed by atoms with van der Waals surface area (Å²) in [4.78, 5) is 12.4. The van der Waals surface area contributed by atoms with Gasteiger partial charge in [0.1, 0.15) is 5.69 Å². The predicted molar refractivity (Wildman–Crippen MR) is 87.0 cm³/mol. The van der Waals surface area contributed by atoms with Crippen LogP contribution in [0.25, 0.3) is 0 Å². The number of hydrogen-bond acceptors (Lipinski definition) is 3. The summed E-state index contributed by atoms with van der Waals surface area (Å²) in [5.41, 5.74) is 8.65. The maximum atomic E-state index is 12.4. The van der Waals surface area contributed by atoms with Crippen molar-refractivity contribution >= 4 is 27.5 Å². The first kappa shape index (κ1) is 15.6. The number of amides is 1. The Bertz CT molecular complexity index is 648. The van der Waals surface area contributed by atoms with Crippen LogP contribution in [0.1, 0.15) is 41.6 Å². The molecule has 2 aromatic rings. The molecule has 1 aromatic heterocycles. The largest absolute Gasteiger partial charge is 0.395 e. The number of nitrogen functional groups attached to an aromatic ring is 1. The molecular weight excluding hydrogens is 332 g/mol. The van der Waals surface area contributed by atoms with E-state index in [1.165, 1.54) is 4.68 Å². The zero-order valence-electron chi connectivity index (χ0n) is 12.4. The van der Waals surface area contributed by atoms with Gasteiger partial charge in [-0.3, -0.25) is 9.48 Å². The van der Waals surface area contributed by atoms with Gasteiger partial charge in [0.15, 0.2) is 0 Å². The van der Waals surface area contributed by atoms with E-state index in [0.717, 1.165) is 15.7 Å². The Morgan fingerprint density at radius 3 is 2.57 bits per heavy atom. The van der Waals surface area contributed by atoms with Crippen molar-refractivity contribution < 1.29 is 4.79 Å². The van der Waals surface area contributed by atoms with Crippen molar-refractivity contribution in [2.45, 2.75) is 26.3 Å². The number of rotatable bonds is 4. The number of carbonyl (C=O) groups is 1. The summed E-state index contributed by atoms with van der Waals surface area (Å²) in [7, 11) is 1.73. The van der Waals surface area contributed by atoms with Gasteiger partial charge in [-0.05, 0) is 31.0 Å². The summed E-state index contributed by atoms with van der Waals surface area (Å²) in [6.07, 6.45) is 0.704. The number of aryl methyl sites for hydroxylation is 2. The third-order valence-electron chi connectivity index (χ3n) is 3.43. The highest BCUT2D eigenvalue weighted by Gasteiger charge is 2.20. The van der Waals surface area contributed by atoms with Gasteiger partial charge in [0.2, 0.25) is 0 Å². The maximum absolute atomic E-state index is 12.4. The number of halogens is 1. The molecule has 0 saturated heterocycles. The maximum Gasteiger partial charge on any atom is 0.272 e. The fraction of sp³-hybridized carbons (Fsp3) is 0.333. The molecule has 0 aliphatic rings. The molecular formula is C15H19BrN4O. The number of hydrogen-bond donors (Lipinski definition) is 2. The smallest absolute Gasteiger partial charge is 0.272 e. The fourth-order valence-electron chi connectivity index (χ4n) is 2.23. The van der Waals surface area contributed by atoms with Crippen molar-refractivity contribution in [1.29, 1.82) is 0 Å². The number of anilines is 1. The highest BCUT2D eigenvalue weighted by atomic mass is 79.9. The van der Waals surface area contributed by atoms with E-state index in [2.05, 4.69) is 26.3 Å². The molecule has 0 aliphatic heterocycles. The molecule has 1 aromatic carbocycles. The minimum Gasteiger partial charge on any atom is -0.395 e. The molecule has 1 amide bonds. The van der Waals surface area contributed by atoms with E-state index in [9.17, 15) is 4.79 Å². The summed E-state index contributed by atoms with van der Waals surface area (Å²) in [6.45, 7) is 3.90. The number of nitrogens with one attached hydrogen (secondary N) is 1. The van der Waals surface area contributed by atoms with Crippen LogP contribution in [-0.4, -0.2) is 15.7 Å². The van der Waals surface area contributed by atoms with Crippen molar-refractivity contribution in [3.8, 4) is 0 Å². The first-order valence-corrected chi connectivity index (χ1v) is 7.61. The molecule has 21 heavy (non-hydrogen) atoms. The first-order valence-electron chi connectivity index (χ1n) is 6.81. The molecule has 1 heterocycles. The van der Waals surface area contributed by atoms with Crippen LogP contribution >= 0.6 is 15.9 Å². The topological polar surface area (TPSA) is 72.9 Å². The predicted octanol–water partition coefficient (Wildman–Crippen LogP) is 2.82. The molecule has 0 aliphatic carbocycles. The van der Waals surface area contributed by atoms with Crippen LogP contribution in [-0.2, 0) is 13.5 Å². The monoisotopic (exact) mass is 350 g/mol. The summed E-state index contributed by atoms with van der Waals surface area (Å²) in [5.74, 6) is -0.211. The number of nitrogens with zero attached hydrogens (tertiary/aromatic N) is 2. The summed E-state index contributed by atoms with van der Waals surface area (Å²) in [6, 6.07) is 7.74. The third-order valence-corrected chi connectivity index (χ3v) is 3.96. The Kier molecular flexibility index (Phi) is 4.67. The number of carbonyl (C=O) groups excluding carboxylic acids is 1. The van der Waals surface area contributed by atoms with E-state index in [-0.39, 0.29) is 11.9 Å². The molecule has 5 nitrogen and oxygen atoms in total. The van der Waals surface area contributed by atoms with E-state index in [1.54, 1.807) is 7.05 Å². The third kappa shape index (κ3) is 3.26. The van der Waals surface area contributed by atoms with Crippen molar-refractivity contribution in [1.82, 2.24) is 15.1 Å². The lowest BCUT2D eigenvalue weighted by atomic mass is 10.1. The van der Waals surface area contributed by atoms with Crippen molar-refractivity contribution in [2.24, 2.45) is 7.05 Å². The minimum absolute atomic E-state index is 0.107. The zero-order valence-corrected chi connectivity index (χ0v) is 13.9. The Hall–Kier alpha value is -1.82. The average Bonchev–Trinajstić information content (AvgIpc) is 2.73. The van der Waals surface area contributed by atoms with E-state index in [1.807, 2.05) is 38.1 Å². The van der Waals surface area contributed by atoms with Crippen LogP contribution in [0.2, 0.25) is 0 Å². The van der Waals surface area contributed by atoms with Crippen molar-refractivity contribution in [3.05, 3.63) is 45.7 Å². The quantitative estimate of drug-likeness (QED) is 0.890. The molecule has 2 rings (SSSR count). The molecule has 112 valence electrons. The Labute approximate surface area is 132 Å². The summed E-state index contributed by atoms with van der Waals surface area (Å²) < 4.78 is 2.55. The van der Waals surface area contributed by atoms with Gasteiger partial charge in [-0.15, -0.1) is 0 Å². The van der Waals surface area contributed by atoms with Gasteiger partial charge in [-0.1, -0.05) is 35.0 Å². The molecule has 0 fully saturated rings. The molecule has 0 spiro atoms. The SMILES string of the molecule is CCc1nn(C)c(C(=O)N[C@@H](C)c2ccc(Br)cc2)c1N. The Morgan fingerprint density at radius 1 is 1.43 bits per heavy atom.